The Balaban J connectivity index is 1.52. The molecule has 5 heterocycles. The minimum Gasteiger partial charge on any atom is -0.493 e. The van der Waals surface area contributed by atoms with Crippen LogP contribution < -0.4 is 14.8 Å². The third-order valence-electron chi connectivity index (χ3n) is 5.61. The van der Waals surface area contributed by atoms with Gasteiger partial charge in [0.05, 0.1) is 31.0 Å². The van der Waals surface area contributed by atoms with E-state index < -0.39 is 0 Å². The fourth-order valence-electron chi connectivity index (χ4n) is 4.22. The van der Waals surface area contributed by atoms with Gasteiger partial charge in [0.15, 0.2) is 17.2 Å². The second-order valence-corrected chi connectivity index (χ2v) is 7.49. The van der Waals surface area contributed by atoms with Crippen LogP contribution in [0.25, 0.3) is 16.8 Å². The monoisotopic (exact) mass is 404 g/mol. The standard InChI is InChI=1S/C21H17FN6O2/c1-11-4-12(6-24-26-11)14-5-18-21(28-10-25-27-20(14)28)23-7-15-16(22)2-3-17-19(15)13(8-29-17)9-30-18/h2-6,10,13,23H,7-9H2,1H3/t13-/m0/s1. The van der Waals surface area contributed by atoms with Gasteiger partial charge < -0.3 is 14.8 Å². The number of nitrogens with zero attached hydrogens (tertiary/aromatic N) is 5. The van der Waals surface area contributed by atoms with Crippen LogP contribution in [0.4, 0.5) is 10.2 Å². The van der Waals surface area contributed by atoms with Gasteiger partial charge in [0.1, 0.15) is 17.9 Å². The number of hydrogen-bond donors (Lipinski definition) is 1. The van der Waals surface area contributed by atoms with Gasteiger partial charge in [-0.15, -0.1) is 10.2 Å². The number of ether oxygens (including phenoxy) is 2. The second kappa shape index (κ2) is 6.38. The highest BCUT2D eigenvalue weighted by Gasteiger charge is 2.31. The lowest BCUT2D eigenvalue weighted by Crippen LogP contribution is -2.13. The summed E-state index contributed by atoms with van der Waals surface area (Å²) in [5.41, 5.74) is 4.63. The van der Waals surface area contributed by atoms with Crippen molar-refractivity contribution >= 4 is 11.5 Å². The van der Waals surface area contributed by atoms with E-state index in [1.165, 1.54) is 6.07 Å². The van der Waals surface area contributed by atoms with Crippen molar-refractivity contribution in [3.05, 3.63) is 59.4 Å². The summed E-state index contributed by atoms with van der Waals surface area (Å²) in [4.78, 5) is 0. The lowest BCUT2D eigenvalue weighted by atomic mass is 9.96. The molecule has 9 heteroatoms. The number of aryl methyl sites for hydroxylation is 1. The molecule has 0 radical (unpaired) electrons. The molecule has 0 spiro atoms. The van der Waals surface area contributed by atoms with E-state index in [0.717, 1.165) is 28.1 Å². The molecule has 0 fully saturated rings. The van der Waals surface area contributed by atoms with Crippen molar-refractivity contribution in [1.29, 1.82) is 0 Å². The third kappa shape index (κ3) is 2.51. The maximum atomic E-state index is 14.7. The van der Waals surface area contributed by atoms with Gasteiger partial charge in [-0.3, -0.25) is 4.40 Å². The molecule has 2 aliphatic heterocycles. The van der Waals surface area contributed by atoms with Crippen molar-refractivity contribution < 1.29 is 13.9 Å². The molecule has 0 aliphatic carbocycles. The van der Waals surface area contributed by atoms with Crippen LogP contribution in [0.5, 0.6) is 11.5 Å². The molecule has 4 aromatic rings. The molecule has 6 rings (SSSR count). The number of aromatic nitrogens is 5. The molecule has 0 amide bonds. The van der Waals surface area contributed by atoms with Crippen LogP contribution >= 0.6 is 0 Å². The Morgan fingerprint density at radius 3 is 2.83 bits per heavy atom. The molecular weight excluding hydrogens is 387 g/mol. The minimum absolute atomic E-state index is 0.0386. The molecule has 1 N–H and O–H groups in total. The molecule has 1 aromatic carbocycles. The first-order chi connectivity index (χ1) is 14.7. The predicted octanol–water partition coefficient (Wildman–Crippen LogP) is 3.11. The van der Waals surface area contributed by atoms with Crippen molar-refractivity contribution in [2.24, 2.45) is 0 Å². The highest BCUT2D eigenvalue weighted by molar-refractivity contribution is 5.81. The van der Waals surface area contributed by atoms with E-state index in [1.807, 2.05) is 23.5 Å². The Bertz CT molecular complexity index is 1300. The molecule has 150 valence electrons. The fraction of sp³-hybridized carbons (Fsp3) is 0.238. The van der Waals surface area contributed by atoms with Gasteiger partial charge in [-0.1, -0.05) is 0 Å². The van der Waals surface area contributed by atoms with Crippen molar-refractivity contribution in [1.82, 2.24) is 24.8 Å². The van der Waals surface area contributed by atoms with Crippen LogP contribution in [0, 0.1) is 12.7 Å². The molecule has 3 aromatic heterocycles. The Hall–Kier alpha value is -3.75. The van der Waals surface area contributed by atoms with Crippen LogP contribution in [-0.2, 0) is 6.54 Å². The summed E-state index contributed by atoms with van der Waals surface area (Å²) in [5, 5.41) is 19.8. The predicted molar refractivity (Wildman–Crippen MR) is 106 cm³/mol. The highest BCUT2D eigenvalue weighted by atomic mass is 19.1. The Morgan fingerprint density at radius 1 is 1.10 bits per heavy atom. The van der Waals surface area contributed by atoms with Crippen LogP contribution in [-0.4, -0.2) is 38.0 Å². The number of anilines is 1. The van der Waals surface area contributed by atoms with Gasteiger partial charge in [0, 0.05) is 28.8 Å². The molecule has 0 saturated carbocycles. The minimum atomic E-state index is -0.254. The van der Waals surface area contributed by atoms with Crippen LogP contribution in [0.2, 0.25) is 0 Å². The number of halogens is 1. The third-order valence-corrected chi connectivity index (χ3v) is 5.61. The van der Waals surface area contributed by atoms with E-state index in [1.54, 1.807) is 18.6 Å². The second-order valence-electron chi connectivity index (χ2n) is 7.49. The molecule has 0 saturated heterocycles. The largest absolute Gasteiger partial charge is 0.493 e. The number of pyridine rings is 1. The fourth-order valence-corrected chi connectivity index (χ4v) is 4.22. The van der Waals surface area contributed by atoms with Gasteiger partial charge in [-0.25, -0.2) is 4.39 Å². The van der Waals surface area contributed by atoms with Crippen LogP contribution in [0.15, 0.2) is 36.8 Å². The smallest absolute Gasteiger partial charge is 0.170 e. The maximum absolute atomic E-state index is 14.7. The number of benzene rings is 1. The number of nitrogens with one attached hydrogen (secondary N) is 1. The molecule has 8 nitrogen and oxygen atoms in total. The first-order valence-electron chi connectivity index (χ1n) is 9.66. The summed E-state index contributed by atoms with van der Waals surface area (Å²) in [6.07, 6.45) is 3.31. The SMILES string of the molecule is Cc1cc(-c2cc3c(n4cnnc24)NCc2c(F)ccc4c2[C@@H](CO4)CO3)cnn1. The Morgan fingerprint density at radius 2 is 1.97 bits per heavy atom. The summed E-state index contributed by atoms with van der Waals surface area (Å²) < 4.78 is 28.5. The zero-order valence-corrected chi connectivity index (χ0v) is 16.1. The Labute approximate surface area is 170 Å². The first kappa shape index (κ1) is 17.1. The zero-order valence-electron chi connectivity index (χ0n) is 16.1. The van der Waals surface area contributed by atoms with Crippen LogP contribution in [0.1, 0.15) is 22.7 Å². The van der Waals surface area contributed by atoms with E-state index >= 15 is 0 Å². The van der Waals surface area contributed by atoms with Gasteiger partial charge in [0.25, 0.3) is 0 Å². The van der Waals surface area contributed by atoms with E-state index in [-0.39, 0.29) is 11.7 Å². The lowest BCUT2D eigenvalue weighted by molar-refractivity contribution is 0.249. The van der Waals surface area contributed by atoms with E-state index in [4.69, 9.17) is 9.47 Å². The summed E-state index contributed by atoms with van der Waals surface area (Å²) >= 11 is 0. The summed E-state index contributed by atoms with van der Waals surface area (Å²) in [7, 11) is 0. The normalized spacial score (nSPS) is 17.1. The first-order valence-corrected chi connectivity index (χ1v) is 9.66. The van der Waals surface area contributed by atoms with Crippen molar-refractivity contribution in [2.45, 2.75) is 19.4 Å². The topological polar surface area (TPSA) is 86.5 Å². The summed E-state index contributed by atoms with van der Waals surface area (Å²) in [6.45, 7) is 3.03. The summed E-state index contributed by atoms with van der Waals surface area (Å²) in [6, 6.07) is 7.00. The summed E-state index contributed by atoms with van der Waals surface area (Å²) in [5.74, 6) is 1.74. The van der Waals surface area contributed by atoms with E-state index in [9.17, 15) is 4.39 Å². The molecule has 1 atom stereocenters. The molecule has 0 unspecified atom stereocenters. The van der Waals surface area contributed by atoms with Crippen molar-refractivity contribution in [3.63, 3.8) is 0 Å². The number of fused-ring (bicyclic) bond motifs is 3. The number of rotatable bonds is 1. The quantitative estimate of drug-likeness (QED) is 0.522. The average molecular weight is 404 g/mol. The molecule has 2 aliphatic rings. The molecular formula is C21H17FN6O2. The maximum Gasteiger partial charge on any atom is 0.170 e. The molecule has 30 heavy (non-hydrogen) atoms. The van der Waals surface area contributed by atoms with Gasteiger partial charge >= 0.3 is 0 Å². The van der Waals surface area contributed by atoms with Gasteiger partial charge in [-0.05, 0) is 31.2 Å². The highest BCUT2D eigenvalue weighted by Crippen LogP contribution is 2.41. The Kier molecular flexibility index (Phi) is 3.64. The average Bonchev–Trinajstić information content (AvgIpc) is 3.39. The van der Waals surface area contributed by atoms with Gasteiger partial charge in [-0.2, -0.15) is 10.2 Å². The van der Waals surface area contributed by atoms with Crippen LogP contribution in [0.3, 0.4) is 0 Å². The van der Waals surface area contributed by atoms with Crippen molar-refractivity contribution in [3.8, 4) is 22.6 Å². The van der Waals surface area contributed by atoms with E-state index in [2.05, 4.69) is 25.7 Å². The number of hydrogen-bond acceptors (Lipinski definition) is 7. The lowest BCUT2D eigenvalue weighted by Gasteiger charge is -2.16. The zero-order chi connectivity index (χ0) is 20.2. The van der Waals surface area contributed by atoms with Gasteiger partial charge in [0.2, 0.25) is 0 Å². The molecule has 0 bridgehead atoms. The van der Waals surface area contributed by atoms with Crippen molar-refractivity contribution in [2.75, 3.05) is 18.5 Å². The van der Waals surface area contributed by atoms with E-state index in [0.29, 0.717) is 42.5 Å².